The molecule has 4 nitrogen and oxygen atoms in total. The van der Waals surface area contributed by atoms with Gasteiger partial charge in [-0.25, -0.2) is 0 Å². The van der Waals surface area contributed by atoms with Crippen LogP contribution in [-0.2, 0) is 4.79 Å². The van der Waals surface area contributed by atoms with Crippen molar-refractivity contribution >= 4 is 5.91 Å². The molecule has 0 radical (unpaired) electrons. The number of likely N-dealkylation sites (N-methyl/N-ethyl adjacent to an activating group) is 2. The molecule has 0 aliphatic rings. The van der Waals surface area contributed by atoms with Crippen LogP contribution in [0.1, 0.15) is 13.8 Å². The van der Waals surface area contributed by atoms with Gasteiger partial charge in [0.2, 0.25) is 5.91 Å². The minimum atomic E-state index is -0.0877. The van der Waals surface area contributed by atoms with Gasteiger partial charge in [-0.3, -0.25) is 4.79 Å². The summed E-state index contributed by atoms with van der Waals surface area (Å²) in [4.78, 5) is 15.3. The molecule has 0 saturated carbocycles. The Kier molecular flexibility index (Phi) is 6.49. The van der Waals surface area contributed by atoms with Crippen molar-refractivity contribution in [1.29, 1.82) is 0 Å². The fourth-order valence-electron chi connectivity index (χ4n) is 1.10. The Morgan fingerprint density at radius 3 is 2.36 bits per heavy atom. The van der Waals surface area contributed by atoms with Gasteiger partial charge in [0.1, 0.15) is 0 Å². The second-order valence-corrected chi connectivity index (χ2v) is 3.80. The number of amides is 1. The lowest BCUT2D eigenvalue weighted by Gasteiger charge is -2.20. The summed E-state index contributed by atoms with van der Waals surface area (Å²) < 4.78 is 0. The zero-order chi connectivity index (χ0) is 11.1. The van der Waals surface area contributed by atoms with Crippen LogP contribution in [-0.4, -0.2) is 62.5 Å². The van der Waals surface area contributed by atoms with Crippen LogP contribution in [0.2, 0.25) is 0 Å². The number of carbonyl (C=O) groups is 1. The van der Waals surface area contributed by atoms with E-state index in [0.717, 1.165) is 19.6 Å². The van der Waals surface area contributed by atoms with Crippen LogP contribution < -0.4 is 5.32 Å². The highest BCUT2D eigenvalue weighted by Gasteiger charge is 2.13. The van der Waals surface area contributed by atoms with Crippen LogP contribution in [0.3, 0.4) is 0 Å². The van der Waals surface area contributed by atoms with E-state index in [9.17, 15) is 4.79 Å². The Labute approximate surface area is 87.3 Å². The van der Waals surface area contributed by atoms with E-state index >= 15 is 0 Å². The Bertz CT molecular complexity index is 171. The zero-order valence-electron chi connectivity index (χ0n) is 10.0. The average molecular weight is 201 g/mol. The molecule has 0 rings (SSSR count). The van der Waals surface area contributed by atoms with Gasteiger partial charge < -0.3 is 15.1 Å². The summed E-state index contributed by atoms with van der Waals surface area (Å²) in [6.07, 6.45) is 0. The molecule has 0 aliphatic carbocycles. The van der Waals surface area contributed by atoms with Gasteiger partial charge in [-0.15, -0.1) is 0 Å². The van der Waals surface area contributed by atoms with Gasteiger partial charge >= 0.3 is 0 Å². The summed E-state index contributed by atoms with van der Waals surface area (Å²) in [5.74, 6) is 0.129. The number of hydrogen-bond acceptors (Lipinski definition) is 3. The third kappa shape index (κ3) is 5.19. The van der Waals surface area contributed by atoms with Crippen molar-refractivity contribution in [1.82, 2.24) is 15.1 Å². The van der Waals surface area contributed by atoms with Crippen molar-refractivity contribution in [3.63, 3.8) is 0 Å². The quantitative estimate of drug-likeness (QED) is 0.657. The SMILES string of the molecule is CCN(C)CCNC(C)C(=O)N(C)C. The summed E-state index contributed by atoms with van der Waals surface area (Å²) >= 11 is 0. The van der Waals surface area contributed by atoms with Crippen molar-refractivity contribution in [3.8, 4) is 0 Å². The van der Waals surface area contributed by atoms with Gasteiger partial charge in [-0.05, 0) is 20.5 Å². The number of nitrogens with zero attached hydrogens (tertiary/aromatic N) is 2. The van der Waals surface area contributed by atoms with Gasteiger partial charge in [0.15, 0.2) is 0 Å². The van der Waals surface area contributed by atoms with Crippen molar-refractivity contribution in [2.24, 2.45) is 0 Å². The molecule has 1 atom stereocenters. The molecule has 0 heterocycles. The molecule has 0 saturated heterocycles. The summed E-state index contributed by atoms with van der Waals surface area (Å²) in [6, 6.07) is -0.0877. The highest BCUT2D eigenvalue weighted by molar-refractivity contribution is 5.80. The lowest BCUT2D eigenvalue weighted by Crippen LogP contribution is -2.43. The normalized spacial score (nSPS) is 13.0. The second-order valence-electron chi connectivity index (χ2n) is 3.80. The first-order valence-electron chi connectivity index (χ1n) is 5.12. The number of carbonyl (C=O) groups excluding carboxylic acids is 1. The predicted octanol–water partition coefficient (Wildman–Crippen LogP) is 0.00440. The topological polar surface area (TPSA) is 35.6 Å². The lowest BCUT2D eigenvalue weighted by atomic mass is 10.3. The summed E-state index contributed by atoms with van der Waals surface area (Å²) in [5, 5.41) is 3.20. The van der Waals surface area contributed by atoms with E-state index in [0.29, 0.717) is 0 Å². The van der Waals surface area contributed by atoms with Gasteiger partial charge in [0, 0.05) is 27.2 Å². The van der Waals surface area contributed by atoms with Crippen molar-refractivity contribution < 1.29 is 4.79 Å². The van der Waals surface area contributed by atoms with E-state index < -0.39 is 0 Å². The molecule has 0 aromatic heterocycles. The Hall–Kier alpha value is -0.610. The summed E-state index contributed by atoms with van der Waals surface area (Å²) in [5.41, 5.74) is 0. The highest BCUT2D eigenvalue weighted by Crippen LogP contribution is 1.88. The molecule has 1 amide bonds. The maximum absolute atomic E-state index is 11.4. The smallest absolute Gasteiger partial charge is 0.238 e. The molecule has 1 unspecified atom stereocenters. The van der Waals surface area contributed by atoms with E-state index in [-0.39, 0.29) is 11.9 Å². The monoisotopic (exact) mass is 201 g/mol. The Balaban J connectivity index is 3.63. The van der Waals surface area contributed by atoms with Gasteiger partial charge in [-0.1, -0.05) is 6.92 Å². The first kappa shape index (κ1) is 13.4. The van der Waals surface area contributed by atoms with E-state index in [4.69, 9.17) is 0 Å². The molecule has 0 aromatic rings. The average Bonchev–Trinajstić information content (AvgIpc) is 2.15. The molecular formula is C10H23N3O. The molecular weight excluding hydrogens is 178 g/mol. The van der Waals surface area contributed by atoms with Crippen molar-refractivity contribution in [2.45, 2.75) is 19.9 Å². The fourth-order valence-corrected chi connectivity index (χ4v) is 1.10. The number of hydrogen-bond donors (Lipinski definition) is 1. The minimum absolute atomic E-state index is 0.0877. The molecule has 84 valence electrons. The highest BCUT2D eigenvalue weighted by atomic mass is 16.2. The molecule has 0 aliphatic heterocycles. The third-order valence-electron chi connectivity index (χ3n) is 2.30. The molecule has 14 heavy (non-hydrogen) atoms. The van der Waals surface area contributed by atoms with Crippen molar-refractivity contribution in [2.75, 3.05) is 40.8 Å². The maximum atomic E-state index is 11.4. The lowest BCUT2D eigenvalue weighted by molar-refractivity contribution is -0.130. The van der Waals surface area contributed by atoms with Crippen LogP contribution in [0.15, 0.2) is 0 Å². The predicted molar refractivity (Wildman–Crippen MR) is 59.3 cm³/mol. The van der Waals surface area contributed by atoms with Gasteiger partial charge in [-0.2, -0.15) is 0 Å². The van der Waals surface area contributed by atoms with E-state index in [1.165, 1.54) is 0 Å². The Morgan fingerprint density at radius 2 is 1.93 bits per heavy atom. The van der Waals surface area contributed by atoms with Gasteiger partial charge in [0.05, 0.1) is 6.04 Å². The van der Waals surface area contributed by atoms with Crippen molar-refractivity contribution in [3.05, 3.63) is 0 Å². The summed E-state index contributed by atoms with van der Waals surface area (Å²) in [7, 11) is 5.62. The molecule has 4 heteroatoms. The molecule has 0 bridgehead atoms. The number of nitrogens with one attached hydrogen (secondary N) is 1. The zero-order valence-corrected chi connectivity index (χ0v) is 10.0. The first-order valence-corrected chi connectivity index (χ1v) is 5.12. The molecule has 0 aromatic carbocycles. The van der Waals surface area contributed by atoms with Crippen LogP contribution in [0, 0.1) is 0 Å². The fraction of sp³-hybridized carbons (Fsp3) is 0.900. The number of rotatable bonds is 6. The van der Waals surface area contributed by atoms with E-state index in [1.807, 2.05) is 6.92 Å². The largest absolute Gasteiger partial charge is 0.347 e. The minimum Gasteiger partial charge on any atom is -0.347 e. The second kappa shape index (κ2) is 6.79. The van der Waals surface area contributed by atoms with Crippen LogP contribution in [0.4, 0.5) is 0 Å². The maximum Gasteiger partial charge on any atom is 0.238 e. The third-order valence-corrected chi connectivity index (χ3v) is 2.30. The van der Waals surface area contributed by atoms with Crippen LogP contribution in [0.25, 0.3) is 0 Å². The molecule has 0 fully saturated rings. The van der Waals surface area contributed by atoms with E-state index in [1.54, 1.807) is 19.0 Å². The summed E-state index contributed by atoms with van der Waals surface area (Å²) in [6.45, 7) is 6.88. The van der Waals surface area contributed by atoms with E-state index in [2.05, 4.69) is 24.2 Å². The standard InChI is InChI=1S/C10H23N3O/c1-6-13(5)8-7-11-9(2)10(14)12(3)4/h9,11H,6-8H2,1-5H3. The van der Waals surface area contributed by atoms with Crippen LogP contribution in [0.5, 0.6) is 0 Å². The Morgan fingerprint density at radius 1 is 1.36 bits per heavy atom. The first-order chi connectivity index (χ1) is 6.49. The molecule has 0 spiro atoms. The van der Waals surface area contributed by atoms with Crippen LogP contribution >= 0.6 is 0 Å². The molecule has 1 N–H and O–H groups in total. The van der Waals surface area contributed by atoms with Gasteiger partial charge in [0.25, 0.3) is 0 Å².